The summed E-state index contributed by atoms with van der Waals surface area (Å²) in [6, 6.07) is 7.58. The van der Waals surface area contributed by atoms with E-state index in [1.807, 2.05) is 30.5 Å². The van der Waals surface area contributed by atoms with E-state index in [0.717, 1.165) is 10.6 Å². The Hall–Kier alpha value is -1.49. The van der Waals surface area contributed by atoms with Crippen LogP contribution in [0.15, 0.2) is 29.2 Å². The topological polar surface area (TPSA) is 57.6 Å². The minimum absolute atomic E-state index is 0.0961. The van der Waals surface area contributed by atoms with Crippen LogP contribution in [0.2, 0.25) is 0 Å². The first-order valence-electron chi connectivity index (χ1n) is 5.29. The smallest absolute Gasteiger partial charge is 0.308 e. The number of aliphatic carboxylic acids is 1. The molecular formula is C12H13NO3S. The van der Waals surface area contributed by atoms with E-state index >= 15 is 0 Å². The van der Waals surface area contributed by atoms with Gasteiger partial charge in [0.25, 0.3) is 0 Å². The molecule has 0 aliphatic carbocycles. The monoisotopic (exact) mass is 251 g/mol. The van der Waals surface area contributed by atoms with Gasteiger partial charge < -0.3 is 10.0 Å². The molecule has 1 heterocycles. The van der Waals surface area contributed by atoms with Crippen molar-refractivity contribution in [1.82, 2.24) is 0 Å². The van der Waals surface area contributed by atoms with Crippen molar-refractivity contribution in [1.29, 1.82) is 0 Å². The molecular weight excluding hydrogens is 238 g/mol. The van der Waals surface area contributed by atoms with Gasteiger partial charge in [-0.1, -0.05) is 6.07 Å². The highest BCUT2D eigenvalue weighted by molar-refractivity contribution is 7.98. The number of carbonyl (C=O) groups excluding carboxylic acids is 1. The second-order valence-corrected chi connectivity index (χ2v) is 4.82. The minimum Gasteiger partial charge on any atom is -0.481 e. The number of anilines is 1. The van der Waals surface area contributed by atoms with E-state index in [1.54, 1.807) is 16.7 Å². The third kappa shape index (κ3) is 2.44. The van der Waals surface area contributed by atoms with E-state index in [2.05, 4.69) is 0 Å². The van der Waals surface area contributed by atoms with Crippen molar-refractivity contribution in [3.63, 3.8) is 0 Å². The van der Waals surface area contributed by atoms with E-state index in [-0.39, 0.29) is 18.9 Å². The SMILES string of the molecule is CSc1cccc(N2CC(C(=O)O)CC2=O)c1. The molecule has 1 aliphatic rings. The molecule has 4 nitrogen and oxygen atoms in total. The third-order valence-corrected chi connectivity index (χ3v) is 3.56. The second kappa shape index (κ2) is 4.79. The van der Waals surface area contributed by atoms with Crippen LogP contribution in [0.25, 0.3) is 0 Å². The van der Waals surface area contributed by atoms with Gasteiger partial charge in [-0.05, 0) is 24.5 Å². The van der Waals surface area contributed by atoms with E-state index in [0.29, 0.717) is 0 Å². The first-order valence-corrected chi connectivity index (χ1v) is 6.51. The molecule has 90 valence electrons. The zero-order valence-electron chi connectivity index (χ0n) is 9.42. The summed E-state index contributed by atoms with van der Waals surface area (Å²) < 4.78 is 0. The Bertz CT molecular complexity index is 461. The van der Waals surface area contributed by atoms with Gasteiger partial charge in [0.05, 0.1) is 5.92 Å². The van der Waals surface area contributed by atoms with Gasteiger partial charge in [-0.15, -0.1) is 11.8 Å². The van der Waals surface area contributed by atoms with E-state index in [9.17, 15) is 9.59 Å². The van der Waals surface area contributed by atoms with Crippen molar-refractivity contribution in [2.75, 3.05) is 17.7 Å². The summed E-state index contributed by atoms with van der Waals surface area (Å²) in [5.41, 5.74) is 0.783. The molecule has 17 heavy (non-hydrogen) atoms. The Morgan fingerprint density at radius 1 is 1.53 bits per heavy atom. The number of thioether (sulfide) groups is 1. The summed E-state index contributed by atoms with van der Waals surface area (Å²) in [5, 5.41) is 8.91. The van der Waals surface area contributed by atoms with Gasteiger partial charge in [0, 0.05) is 23.5 Å². The highest BCUT2D eigenvalue weighted by Crippen LogP contribution is 2.28. The van der Waals surface area contributed by atoms with Crippen LogP contribution in [0.5, 0.6) is 0 Å². The largest absolute Gasteiger partial charge is 0.481 e. The number of nitrogens with zero attached hydrogens (tertiary/aromatic N) is 1. The normalized spacial score (nSPS) is 19.7. The molecule has 2 rings (SSSR count). The number of benzene rings is 1. The van der Waals surface area contributed by atoms with E-state index in [4.69, 9.17) is 5.11 Å². The molecule has 0 spiro atoms. The molecule has 1 amide bonds. The Labute approximate surface area is 104 Å². The minimum atomic E-state index is -0.901. The Balaban J connectivity index is 2.22. The fraction of sp³-hybridized carbons (Fsp3) is 0.333. The van der Waals surface area contributed by atoms with Crippen LogP contribution >= 0.6 is 11.8 Å². The molecule has 1 N–H and O–H groups in total. The number of hydrogen-bond acceptors (Lipinski definition) is 3. The zero-order chi connectivity index (χ0) is 12.4. The fourth-order valence-corrected chi connectivity index (χ4v) is 2.35. The summed E-state index contributed by atoms with van der Waals surface area (Å²) in [4.78, 5) is 25.2. The maximum atomic E-state index is 11.7. The highest BCUT2D eigenvalue weighted by atomic mass is 32.2. The average molecular weight is 251 g/mol. The van der Waals surface area contributed by atoms with Crippen molar-refractivity contribution in [3.05, 3.63) is 24.3 Å². The van der Waals surface area contributed by atoms with Crippen LogP contribution in [0, 0.1) is 5.92 Å². The van der Waals surface area contributed by atoms with Gasteiger partial charge in [-0.25, -0.2) is 0 Å². The van der Waals surface area contributed by atoms with Crippen molar-refractivity contribution >= 4 is 29.3 Å². The Kier molecular flexibility index (Phi) is 3.38. The van der Waals surface area contributed by atoms with Crippen LogP contribution in [0.1, 0.15) is 6.42 Å². The van der Waals surface area contributed by atoms with E-state index in [1.165, 1.54) is 0 Å². The number of carboxylic acids is 1. The van der Waals surface area contributed by atoms with Crippen molar-refractivity contribution in [3.8, 4) is 0 Å². The fourth-order valence-electron chi connectivity index (χ4n) is 1.90. The number of carbonyl (C=O) groups is 2. The molecule has 1 unspecified atom stereocenters. The molecule has 1 aromatic carbocycles. The van der Waals surface area contributed by atoms with Gasteiger partial charge in [0.15, 0.2) is 0 Å². The quantitative estimate of drug-likeness (QED) is 0.833. The van der Waals surface area contributed by atoms with Crippen LogP contribution in [-0.4, -0.2) is 29.8 Å². The van der Waals surface area contributed by atoms with Gasteiger partial charge in [0.1, 0.15) is 0 Å². The maximum Gasteiger partial charge on any atom is 0.308 e. The predicted molar refractivity (Wildman–Crippen MR) is 66.3 cm³/mol. The summed E-state index contributed by atoms with van der Waals surface area (Å²) >= 11 is 1.60. The summed E-state index contributed by atoms with van der Waals surface area (Å²) in [5.74, 6) is -1.60. The first-order chi connectivity index (χ1) is 8.11. The van der Waals surface area contributed by atoms with Gasteiger partial charge >= 0.3 is 5.97 Å². The van der Waals surface area contributed by atoms with Crippen LogP contribution in [0.4, 0.5) is 5.69 Å². The van der Waals surface area contributed by atoms with E-state index < -0.39 is 11.9 Å². The molecule has 1 aromatic rings. The third-order valence-electron chi connectivity index (χ3n) is 2.84. The molecule has 0 bridgehead atoms. The Morgan fingerprint density at radius 3 is 2.88 bits per heavy atom. The lowest BCUT2D eigenvalue weighted by molar-refractivity contribution is -0.141. The molecule has 0 saturated carbocycles. The summed E-state index contributed by atoms with van der Waals surface area (Å²) in [6.07, 6.45) is 2.06. The molecule has 0 aromatic heterocycles. The van der Waals surface area contributed by atoms with Crippen molar-refractivity contribution < 1.29 is 14.7 Å². The van der Waals surface area contributed by atoms with Crippen LogP contribution in [0.3, 0.4) is 0 Å². The van der Waals surface area contributed by atoms with Crippen LogP contribution in [-0.2, 0) is 9.59 Å². The van der Waals surface area contributed by atoms with Gasteiger partial charge in [-0.3, -0.25) is 9.59 Å². The average Bonchev–Trinajstić information content (AvgIpc) is 2.72. The number of hydrogen-bond donors (Lipinski definition) is 1. The summed E-state index contributed by atoms with van der Waals surface area (Å²) in [7, 11) is 0. The van der Waals surface area contributed by atoms with Crippen molar-refractivity contribution in [2.45, 2.75) is 11.3 Å². The number of amides is 1. The zero-order valence-corrected chi connectivity index (χ0v) is 10.2. The van der Waals surface area contributed by atoms with Crippen molar-refractivity contribution in [2.24, 2.45) is 5.92 Å². The molecule has 1 atom stereocenters. The van der Waals surface area contributed by atoms with Gasteiger partial charge in [-0.2, -0.15) is 0 Å². The van der Waals surface area contributed by atoms with Gasteiger partial charge in [0.2, 0.25) is 5.91 Å². The molecule has 5 heteroatoms. The lowest BCUT2D eigenvalue weighted by Gasteiger charge is -2.16. The highest BCUT2D eigenvalue weighted by Gasteiger charge is 2.34. The predicted octanol–water partition coefficient (Wildman–Crippen LogP) is 1.85. The maximum absolute atomic E-state index is 11.7. The molecule has 1 saturated heterocycles. The molecule has 1 fully saturated rings. The number of carboxylic acid groups (broad SMARTS) is 1. The second-order valence-electron chi connectivity index (χ2n) is 3.95. The first kappa shape index (κ1) is 12.0. The molecule has 0 radical (unpaired) electrons. The summed E-state index contributed by atoms with van der Waals surface area (Å²) in [6.45, 7) is 0.270. The Morgan fingerprint density at radius 2 is 2.29 bits per heavy atom. The lowest BCUT2D eigenvalue weighted by atomic mass is 10.1. The lowest BCUT2D eigenvalue weighted by Crippen LogP contribution is -2.25. The standard InChI is InChI=1S/C12H13NO3S/c1-17-10-4-2-3-9(6-10)13-7-8(12(15)16)5-11(13)14/h2-4,6,8H,5,7H2,1H3,(H,15,16). The number of rotatable bonds is 3. The van der Waals surface area contributed by atoms with Crippen LogP contribution < -0.4 is 4.90 Å². The molecule has 1 aliphatic heterocycles.